The van der Waals surface area contributed by atoms with Crippen LogP contribution in [0.5, 0.6) is 0 Å². The molecule has 0 bridgehead atoms. The number of nitrogens with one attached hydrogen (secondary N) is 1. The Labute approximate surface area is 81.8 Å². The van der Waals surface area contributed by atoms with Crippen LogP contribution in [0.4, 0.5) is 4.79 Å². The van der Waals surface area contributed by atoms with Crippen molar-refractivity contribution in [3.05, 3.63) is 0 Å². The Bertz CT molecular complexity index is 231. The second kappa shape index (κ2) is 4.92. The molecule has 1 rings (SSSR count). The summed E-state index contributed by atoms with van der Waals surface area (Å²) in [6.07, 6.45) is -0.443. The van der Waals surface area contributed by atoms with E-state index in [4.69, 9.17) is 0 Å². The number of carbonyl (C=O) groups excluding carboxylic acids is 2. The molecule has 80 valence electrons. The molecule has 14 heavy (non-hydrogen) atoms. The summed E-state index contributed by atoms with van der Waals surface area (Å²) in [4.78, 5) is 23.6. The first-order valence-electron chi connectivity index (χ1n) is 4.40. The summed E-state index contributed by atoms with van der Waals surface area (Å²) < 4.78 is 4.27. The molecular weight excluding hydrogens is 188 g/mol. The highest BCUT2D eigenvalue weighted by atomic mass is 16.5. The van der Waals surface area contributed by atoms with Crippen LogP contribution in [-0.2, 0) is 9.53 Å². The van der Waals surface area contributed by atoms with Crippen molar-refractivity contribution in [2.75, 3.05) is 26.7 Å². The number of imide groups is 1. The summed E-state index contributed by atoms with van der Waals surface area (Å²) in [5.41, 5.74) is 0. The highest BCUT2D eigenvalue weighted by molar-refractivity contribution is 5.92. The van der Waals surface area contributed by atoms with E-state index in [0.29, 0.717) is 19.5 Å². The van der Waals surface area contributed by atoms with Gasteiger partial charge in [0, 0.05) is 13.1 Å². The third-order valence-corrected chi connectivity index (χ3v) is 2.04. The van der Waals surface area contributed by atoms with Gasteiger partial charge in [0.15, 0.2) is 0 Å². The number of alkyl carbamates (subject to hydrolysis) is 1. The van der Waals surface area contributed by atoms with Crippen LogP contribution in [0.2, 0.25) is 0 Å². The lowest BCUT2D eigenvalue weighted by molar-refractivity contribution is -0.121. The molecule has 0 aromatic rings. The van der Waals surface area contributed by atoms with Crippen molar-refractivity contribution in [1.82, 2.24) is 10.2 Å². The van der Waals surface area contributed by atoms with E-state index in [-0.39, 0.29) is 12.6 Å². The Balaban J connectivity index is 2.23. The van der Waals surface area contributed by atoms with E-state index in [1.54, 1.807) is 4.90 Å². The first-order chi connectivity index (χ1) is 6.61. The highest BCUT2D eigenvalue weighted by Gasteiger charge is 2.22. The van der Waals surface area contributed by atoms with Crippen molar-refractivity contribution in [2.45, 2.75) is 12.5 Å². The van der Waals surface area contributed by atoms with Gasteiger partial charge in [-0.15, -0.1) is 0 Å². The van der Waals surface area contributed by atoms with Crippen molar-refractivity contribution in [3.63, 3.8) is 0 Å². The van der Waals surface area contributed by atoms with Crippen LogP contribution >= 0.6 is 0 Å². The van der Waals surface area contributed by atoms with Crippen molar-refractivity contribution in [1.29, 1.82) is 0 Å². The molecule has 1 aliphatic rings. The van der Waals surface area contributed by atoms with Crippen molar-refractivity contribution < 1.29 is 19.4 Å². The Kier molecular flexibility index (Phi) is 3.84. The number of methoxy groups -OCH3 is 1. The molecule has 0 aromatic carbocycles. The van der Waals surface area contributed by atoms with Crippen LogP contribution in [-0.4, -0.2) is 54.9 Å². The summed E-state index contributed by atoms with van der Waals surface area (Å²) in [6.45, 7) is 1.27. The molecule has 0 saturated carbocycles. The Morgan fingerprint density at radius 2 is 2.36 bits per heavy atom. The van der Waals surface area contributed by atoms with Gasteiger partial charge in [0.2, 0.25) is 5.91 Å². The standard InChI is InChI=1S/C8H14N2O4/c1-14-8(13)9-7(12)5-10-3-2-6(11)4-10/h6,11H,2-5H2,1H3,(H,9,12,13)/t6-/m1/s1. The fourth-order valence-corrected chi connectivity index (χ4v) is 1.36. The molecule has 1 fully saturated rings. The van der Waals surface area contributed by atoms with Gasteiger partial charge in [-0.05, 0) is 6.42 Å². The normalized spacial score (nSPS) is 22.0. The Hall–Kier alpha value is -1.14. The van der Waals surface area contributed by atoms with Crippen LogP contribution in [0.25, 0.3) is 0 Å². The molecule has 0 spiro atoms. The molecule has 1 atom stereocenters. The zero-order valence-electron chi connectivity index (χ0n) is 8.02. The maximum absolute atomic E-state index is 11.1. The smallest absolute Gasteiger partial charge is 0.413 e. The van der Waals surface area contributed by atoms with E-state index in [0.717, 1.165) is 0 Å². The zero-order valence-corrected chi connectivity index (χ0v) is 8.02. The molecule has 1 aliphatic heterocycles. The van der Waals surface area contributed by atoms with E-state index in [2.05, 4.69) is 4.74 Å². The van der Waals surface area contributed by atoms with Gasteiger partial charge in [-0.3, -0.25) is 15.0 Å². The van der Waals surface area contributed by atoms with E-state index < -0.39 is 12.0 Å². The number of ether oxygens (including phenoxy) is 1. The number of amides is 2. The summed E-state index contributed by atoms with van der Waals surface area (Å²) in [5.74, 6) is -0.411. The van der Waals surface area contributed by atoms with Gasteiger partial charge in [0.05, 0.1) is 19.8 Å². The lowest BCUT2D eigenvalue weighted by Gasteiger charge is -2.13. The Morgan fingerprint density at radius 1 is 1.64 bits per heavy atom. The fraction of sp³-hybridized carbons (Fsp3) is 0.750. The van der Waals surface area contributed by atoms with Gasteiger partial charge in [0.25, 0.3) is 0 Å². The van der Waals surface area contributed by atoms with Crippen LogP contribution in [0.3, 0.4) is 0 Å². The van der Waals surface area contributed by atoms with Crippen LogP contribution in [0, 0.1) is 0 Å². The van der Waals surface area contributed by atoms with Gasteiger partial charge in [-0.1, -0.05) is 0 Å². The second-order valence-corrected chi connectivity index (χ2v) is 3.22. The molecule has 0 aliphatic carbocycles. The van der Waals surface area contributed by atoms with Gasteiger partial charge >= 0.3 is 6.09 Å². The lowest BCUT2D eigenvalue weighted by Crippen LogP contribution is -2.39. The average molecular weight is 202 g/mol. The maximum atomic E-state index is 11.1. The minimum absolute atomic E-state index is 0.117. The van der Waals surface area contributed by atoms with Crippen LogP contribution in [0.15, 0.2) is 0 Å². The third kappa shape index (κ3) is 3.31. The van der Waals surface area contributed by atoms with Gasteiger partial charge in [-0.2, -0.15) is 0 Å². The number of aliphatic hydroxyl groups is 1. The van der Waals surface area contributed by atoms with E-state index in [1.807, 2.05) is 5.32 Å². The minimum Gasteiger partial charge on any atom is -0.453 e. The molecule has 2 amide bonds. The molecule has 6 heteroatoms. The summed E-state index contributed by atoms with van der Waals surface area (Å²) in [6, 6.07) is 0. The van der Waals surface area contributed by atoms with E-state index in [9.17, 15) is 14.7 Å². The molecule has 0 unspecified atom stereocenters. The van der Waals surface area contributed by atoms with Gasteiger partial charge < -0.3 is 9.84 Å². The molecule has 2 N–H and O–H groups in total. The van der Waals surface area contributed by atoms with Crippen molar-refractivity contribution >= 4 is 12.0 Å². The first-order valence-corrected chi connectivity index (χ1v) is 4.40. The summed E-state index contributed by atoms with van der Waals surface area (Å²) in [7, 11) is 1.20. The summed E-state index contributed by atoms with van der Waals surface area (Å²) >= 11 is 0. The predicted molar refractivity (Wildman–Crippen MR) is 47.6 cm³/mol. The minimum atomic E-state index is -0.755. The number of hydrogen-bond acceptors (Lipinski definition) is 5. The molecule has 1 heterocycles. The van der Waals surface area contributed by atoms with Gasteiger partial charge in [-0.25, -0.2) is 4.79 Å². The number of hydrogen-bond donors (Lipinski definition) is 2. The number of likely N-dealkylation sites (tertiary alicyclic amines) is 1. The van der Waals surface area contributed by atoms with E-state index in [1.165, 1.54) is 7.11 Å². The number of nitrogens with zero attached hydrogens (tertiary/aromatic N) is 1. The van der Waals surface area contributed by atoms with Crippen molar-refractivity contribution in [3.8, 4) is 0 Å². The zero-order chi connectivity index (χ0) is 10.6. The molecular formula is C8H14N2O4. The maximum Gasteiger partial charge on any atom is 0.413 e. The number of carbonyl (C=O) groups is 2. The fourth-order valence-electron chi connectivity index (χ4n) is 1.36. The average Bonchev–Trinajstić information content (AvgIpc) is 2.50. The van der Waals surface area contributed by atoms with Gasteiger partial charge in [0.1, 0.15) is 0 Å². The number of β-amino-alcohol motifs (C(OH)–C–C–N with tert-alkyl or cyclic N) is 1. The molecule has 6 nitrogen and oxygen atoms in total. The monoisotopic (exact) mass is 202 g/mol. The summed E-state index contributed by atoms with van der Waals surface area (Å²) in [5, 5.41) is 11.2. The third-order valence-electron chi connectivity index (χ3n) is 2.04. The second-order valence-electron chi connectivity index (χ2n) is 3.22. The van der Waals surface area contributed by atoms with Crippen LogP contribution in [0.1, 0.15) is 6.42 Å². The quantitative estimate of drug-likeness (QED) is 0.596. The van der Waals surface area contributed by atoms with Crippen molar-refractivity contribution in [2.24, 2.45) is 0 Å². The lowest BCUT2D eigenvalue weighted by atomic mass is 10.3. The predicted octanol–water partition coefficient (Wildman–Crippen LogP) is -1.06. The first kappa shape index (κ1) is 10.9. The number of rotatable bonds is 2. The number of aliphatic hydroxyl groups excluding tert-OH is 1. The Morgan fingerprint density at radius 3 is 2.86 bits per heavy atom. The van der Waals surface area contributed by atoms with Crippen LogP contribution < -0.4 is 5.32 Å². The SMILES string of the molecule is COC(=O)NC(=O)CN1CC[C@@H](O)C1. The van der Waals surface area contributed by atoms with E-state index >= 15 is 0 Å². The molecule has 1 saturated heterocycles. The highest BCUT2D eigenvalue weighted by Crippen LogP contribution is 2.07. The molecule has 0 radical (unpaired) electrons. The molecule has 0 aromatic heterocycles. The largest absolute Gasteiger partial charge is 0.453 e. The topological polar surface area (TPSA) is 78.9 Å².